The molecule has 5 heteroatoms. The fraction of sp³-hybridized carbons (Fsp3) is 0.250. The molecular weight excluding hydrogens is 268 g/mol. The maximum absolute atomic E-state index is 10.2. The zero-order valence-electron chi connectivity index (χ0n) is 11.9. The first-order valence-electron chi connectivity index (χ1n) is 6.89. The summed E-state index contributed by atoms with van der Waals surface area (Å²) in [6.45, 7) is 3.89. The third-order valence-electron chi connectivity index (χ3n) is 3.26. The summed E-state index contributed by atoms with van der Waals surface area (Å²) in [4.78, 5) is 0. The lowest BCUT2D eigenvalue weighted by Crippen LogP contribution is -2.20. The Balaban J connectivity index is 2.06. The minimum absolute atomic E-state index is 0.0154. The number of aliphatic hydroxyl groups excluding tert-OH is 1. The highest BCUT2D eigenvalue weighted by Gasteiger charge is 2.19. The van der Waals surface area contributed by atoms with Crippen molar-refractivity contribution < 1.29 is 14.9 Å². The minimum Gasteiger partial charge on any atom is -0.507 e. The summed E-state index contributed by atoms with van der Waals surface area (Å²) >= 11 is 0. The van der Waals surface area contributed by atoms with Crippen molar-refractivity contribution in [3.05, 3.63) is 36.4 Å². The third kappa shape index (κ3) is 2.60. The number of fused-ring (bicyclic) bond motifs is 1. The fourth-order valence-electron chi connectivity index (χ4n) is 2.44. The molecule has 0 saturated carbocycles. The van der Waals surface area contributed by atoms with Crippen molar-refractivity contribution in [3.63, 3.8) is 0 Å². The third-order valence-corrected chi connectivity index (χ3v) is 3.26. The molecule has 0 aromatic heterocycles. The van der Waals surface area contributed by atoms with E-state index in [0.29, 0.717) is 11.3 Å². The van der Waals surface area contributed by atoms with Crippen LogP contribution in [0.1, 0.15) is 13.8 Å². The summed E-state index contributed by atoms with van der Waals surface area (Å²) in [6.07, 6.45) is -0.771. The molecule has 1 heterocycles. The van der Waals surface area contributed by atoms with Gasteiger partial charge in [-0.05, 0) is 43.7 Å². The van der Waals surface area contributed by atoms with Crippen LogP contribution in [0.15, 0.2) is 36.4 Å². The Morgan fingerprint density at radius 2 is 1.86 bits per heavy atom. The monoisotopic (exact) mass is 286 g/mol. The van der Waals surface area contributed by atoms with Gasteiger partial charge in [0, 0.05) is 0 Å². The first kappa shape index (κ1) is 13.6. The van der Waals surface area contributed by atoms with Crippen LogP contribution in [0, 0.1) is 0 Å². The zero-order valence-corrected chi connectivity index (χ0v) is 11.9. The summed E-state index contributed by atoms with van der Waals surface area (Å²) in [5.74, 6) is 0.802. The van der Waals surface area contributed by atoms with Gasteiger partial charge in [0.15, 0.2) is 0 Å². The number of rotatable bonds is 3. The highest BCUT2D eigenvalue weighted by molar-refractivity contribution is 5.84. The van der Waals surface area contributed by atoms with Gasteiger partial charge in [0.25, 0.3) is 0 Å². The fourth-order valence-corrected chi connectivity index (χ4v) is 2.44. The number of phenolic OH excluding ortho intramolecular Hbond substituents is 1. The van der Waals surface area contributed by atoms with Gasteiger partial charge < -0.3 is 25.6 Å². The average molecular weight is 286 g/mol. The minimum atomic E-state index is -0.786. The van der Waals surface area contributed by atoms with Crippen LogP contribution in [0.4, 0.5) is 11.4 Å². The number of hydrogen-bond donors (Lipinski definition) is 4. The van der Waals surface area contributed by atoms with Gasteiger partial charge in [-0.15, -0.1) is 0 Å². The summed E-state index contributed by atoms with van der Waals surface area (Å²) in [7, 11) is 0. The number of aliphatic hydroxyl groups is 1. The van der Waals surface area contributed by atoms with E-state index < -0.39 is 6.35 Å². The largest absolute Gasteiger partial charge is 0.507 e. The van der Waals surface area contributed by atoms with E-state index in [1.54, 1.807) is 12.1 Å². The van der Waals surface area contributed by atoms with Crippen LogP contribution in [0.5, 0.6) is 11.5 Å². The van der Waals surface area contributed by atoms with Crippen molar-refractivity contribution in [3.8, 4) is 22.6 Å². The van der Waals surface area contributed by atoms with Crippen molar-refractivity contribution in [2.45, 2.75) is 26.3 Å². The van der Waals surface area contributed by atoms with Crippen molar-refractivity contribution in [1.82, 2.24) is 0 Å². The van der Waals surface area contributed by atoms with Crippen molar-refractivity contribution >= 4 is 11.4 Å². The SMILES string of the molecule is CC(C)Oc1cccc(O)c1-c1ccc2c(c1)NC(O)N2. The number of aromatic hydroxyl groups is 1. The first-order chi connectivity index (χ1) is 10.0. The molecule has 1 aliphatic heterocycles. The number of phenols is 1. The van der Waals surface area contributed by atoms with E-state index in [9.17, 15) is 10.2 Å². The molecule has 110 valence electrons. The predicted molar refractivity (Wildman–Crippen MR) is 82.6 cm³/mol. The molecule has 0 aliphatic carbocycles. The first-order valence-corrected chi connectivity index (χ1v) is 6.89. The zero-order chi connectivity index (χ0) is 15.0. The molecule has 0 fully saturated rings. The molecule has 1 aliphatic rings. The van der Waals surface area contributed by atoms with E-state index in [2.05, 4.69) is 10.6 Å². The van der Waals surface area contributed by atoms with E-state index in [-0.39, 0.29) is 11.9 Å². The summed E-state index contributed by atoms with van der Waals surface area (Å²) < 4.78 is 5.78. The van der Waals surface area contributed by atoms with Crippen molar-refractivity contribution in [2.24, 2.45) is 0 Å². The number of benzene rings is 2. The Bertz CT molecular complexity index is 671. The Morgan fingerprint density at radius 3 is 2.62 bits per heavy atom. The topological polar surface area (TPSA) is 73.8 Å². The highest BCUT2D eigenvalue weighted by atomic mass is 16.5. The van der Waals surface area contributed by atoms with E-state index in [1.165, 1.54) is 0 Å². The summed E-state index contributed by atoms with van der Waals surface area (Å²) in [6, 6.07) is 10.8. The number of ether oxygens (including phenoxy) is 1. The van der Waals surface area contributed by atoms with Gasteiger partial charge in [0.2, 0.25) is 6.35 Å². The highest BCUT2D eigenvalue weighted by Crippen LogP contribution is 2.41. The Labute approximate surface area is 123 Å². The Kier molecular flexibility index (Phi) is 3.35. The number of hydrogen-bond acceptors (Lipinski definition) is 5. The number of nitrogens with one attached hydrogen (secondary N) is 2. The number of anilines is 2. The molecule has 4 N–H and O–H groups in total. The van der Waals surface area contributed by atoms with Gasteiger partial charge in [0.05, 0.1) is 23.0 Å². The molecule has 0 amide bonds. The lowest BCUT2D eigenvalue weighted by molar-refractivity contribution is 0.238. The van der Waals surface area contributed by atoms with E-state index in [0.717, 1.165) is 16.9 Å². The molecule has 2 aromatic carbocycles. The molecule has 21 heavy (non-hydrogen) atoms. The molecule has 0 bridgehead atoms. The van der Waals surface area contributed by atoms with Gasteiger partial charge in [0.1, 0.15) is 11.5 Å². The Morgan fingerprint density at radius 1 is 1.10 bits per heavy atom. The van der Waals surface area contributed by atoms with Gasteiger partial charge in [-0.25, -0.2) is 0 Å². The molecule has 1 atom stereocenters. The molecule has 1 unspecified atom stereocenters. The van der Waals surface area contributed by atoms with Crippen LogP contribution < -0.4 is 15.4 Å². The Hall–Kier alpha value is -2.40. The smallest absolute Gasteiger partial charge is 0.202 e. The van der Waals surface area contributed by atoms with Crippen LogP contribution in [0.25, 0.3) is 11.1 Å². The lowest BCUT2D eigenvalue weighted by Gasteiger charge is -2.16. The molecule has 0 radical (unpaired) electrons. The van der Waals surface area contributed by atoms with Crippen LogP contribution >= 0.6 is 0 Å². The molecule has 3 rings (SSSR count). The maximum Gasteiger partial charge on any atom is 0.202 e. The van der Waals surface area contributed by atoms with Gasteiger partial charge >= 0.3 is 0 Å². The molecule has 0 spiro atoms. The summed E-state index contributed by atoms with van der Waals surface area (Å²) in [5, 5.41) is 25.5. The standard InChI is InChI=1S/C16H18N2O3/c1-9(2)21-14-5-3-4-13(19)15(14)10-6-7-11-12(8-10)18-16(20)17-11/h3-9,16-20H,1-2H3. The van der Waals surface area contributed by atoms with E-state index in [1.807, 2.05) is 38.1 Å². The van der Waals surface area contributed by atoms with E-state index in [4.69, 9.17) is 4.74 Å². The second kappa shape index (κ2) is 5.18. The van der Waals surface area contributed by atoms with E-state index >= 15 is 0 Å². The maximum atomic E-state index is 10.2. The van der Waals surface area contributed by atoms with Crippen LogP contribution in [-0.2, 0) is 0 Å². The average Bonchev–Trinajstić information content (AvgIpc) is 2.77. The predicted octanol–water partition coefficient (Wildman–Crippen LogP) is 2.96. The normalized spacial score (nSPS) is 16.3. The second-order valence-electron chi connectivity index (χ2n) is 5.27. The van der Waals surface area contributed by atoms with Gasteiger partial charge in [-0.2, -0.15) is 0 Å². The summed E-state index contributed by atoms with van der Waals surface area (Å²) in [5.41, 5.74) is 3.09. The van der Waals surface area contributed by atoms with Gasteiger partial charge in [-0.3, -0.25) is 0 Å². The van der Waals surface area contributed by atoms with Crippen molar-refractivity contribution in [1.29, 1.82) is 0 Å². The quantitative estimate of drug-likeness (QED) is 0.698. The van der Waals surface area contributed by atoms with Crippen LogP contribution in [-0.4, -0.2) is 22.7 Å². The lowest BCUT2D eigenvalue weighted by atomic mass is 10.0. The molecule has 2 aromatic rings. The van der Waals surface area contributed by atoms with Crippen molar-refractivity contribution in [2.75, 3.05) is 10.6 Å². The van der Waals surface area contributed by atoms with Gasteiger partial charge in [-0.1, -0.05) is 12.1 Å². The molecule has 0 saturated heterocycles. The van der Waals surface area contributed by atoms with Crippen LogP contribution in [0.3, 0.4) is 0 Å². The van der Waals surface area contributed by atoms with Crippen LogP contribution in [0.2, 0.25) is 0 Å². The molecule has 5 nitrogen and oxygen atoms in total. The molecular formula is C16H18N2O3. The second-order valence-corrected chi connectivity index (χ2v) is 5.27.